The van der Waals surface area contributed by atoms with Gasteiger partial charge < -0.3 is 19.1 Å². The van der Waals surface area contributed by atoms with Crippen LogP contribution in [0.5, 0.6) is 17.2 Å². The molecule has 0 spiro atoms. The molecular weight excluding hydrogens is 358 g/mol. The third-order valence-electron chi connectivity index (χ3n) is 5.71. The topological polar surface area (TPSA) is 54.5 Å². The Kier molecular flexibility index (Phi) is 7.39. The molecule has 0 atom stereocenters. The highest BCUT2D eigenvalue weighted by molar-refractivity contribution is 5.78. The predicted molar refractivity (Wildman–Crippen MR) is 108 cm³/mol. The highest BCUT2D eigenvalue weighted by Crippen LogP contribution is 2.40. The van der Waals surface area contributed by atoms with Gasteiger partial charge in [-0.1, -0.05) is 6.07 Å². The molecule has 2 aliphatic heterocycles. The first-order valence-corrected chi connectivity index (χ1v) is 10.2. The quantitative estimate of drug-likeness (QED) is 0.707. The summed E-state index contributed by atoms with van der Waals surface area (Å²) in [4.78, 5) is 19.2. The van der Waals surface area contributed by atoms with E-state index < -0.39 is 0 Å². The number of benzene rings is 1. The van der Waals surface area contributed by atoms with Crippen LogP contribution in [0.3, 0.4) is 0 Å². The lowest BCUT2D eigenvalue weighted by Crippen LogP contribution is -2.50. The van der Waals surface area contributed by atoms with Crippen LogP contribution in [0.2, 0.25) is 0 Å². The fourth-order valence-corrected chi connectivity index (χ4v) is 4.07. The van der Waals surface area contributed by atoms with Crippen molar-refractivity contribution in [2.75, 3.05) is 67.1 Å². The number of rotatable bonds is 7. The Morgan fingerprint density at radius 1 is 0.821 bits per heavy atom. The molecule has 0 radical (unpaired) electrons. The van der Waals surface area contributed by atoms with E-state index in [1.807, 2.05) is 17.0 Å². The second-order valence-corrected chi connectivity index (χ2v) is 7.49. The molecule has 1 amide bonds. The van der Waals surface area contributed by atoms with Gasteiger partial charge in [-0.15, -0.1) is 0 Å². The van der Waals surface area contributed by atoms with Crippen LogP contribution in [0.15, 0.2) is 12.1 Å². The first-order valence-electron chi connectivity index (χ1n) is 10.2. The minimum Gasteiger partial charge on any atom is -0.493 e. The third kappa shape index (κ3) is 4.89. The van der Waals surface area contributed by atoms with Crippen LogP contribution in [0, 0.1) is 0 Å². The molecule has 0 aromatic heterocycles. The van der Waals surface area contributed by atoms with Crippen LogP contribution >= 0.6 is 0 Å². The molecule has 7 heteroatoms. The van der Waals surface area contributed by atoms with Gasteiger partial charge in [0.05, 0.1) is 27.9 Å². The summed E-state index contributed by atoms with van der Waals surface area (Å²) in [5.74, 6) is 2.32. The van der Waals surface area contributed by atoms with Gasteiger partial charge in [-0.25, -0.2) is 0 Å². The maximum Gasteiger partial charge on any atom is 0.236 e. The zero-order valence-electron chi connectivity index (χ0n) is 17.4. The second-order valence-electron chi connectivity index (χ2n) is 7.49. The van der Waals surface area contributed by atoms with Crippen LogP contribution in [0.1, 0.15) is 24.8 Å². The molecule has 156 valence electrons. The Hall–Kier alpha value is -1.99. The standard InChI is InChI=1S/C21H33N3O4/c1-26-18-8-7-17(20(27-2)21(18)28-3)15-22-11-13-23(14-12-22)16-19(25)24-9-5-4-6-10-24/h7-8H,4-6,9-16H2,1-3H3. The van der Waals surface area contributed by atoms with Crippen molar-refractivity contribution in [2.45, 2.75) is 25.8 Å². The number of carbonyl (C=O) groups excluding carboxylic acids is 1. The van der Waals surface area contributed by atoms with E-state index in [1.165, 1.54) is 6.42 Å². The maximum atomic E-state index is 12.5. The number of piperazine rings is 1. The lowest BCUT2D eigenvalue weighted by Gasteiger charge is -2.36. The van der Waals surface area contributed by atoms with Gasteiger partial charge in [-0.3, -0.25) is 14.6 Å². The summed E-state index contributed by atoms with van der Waals surface area (Å²) in [5, 5.41) is 0. The summed E-state index contributed by atoms with van der Waals surface area (Å²) in [5.41, 5.74) is 1.08. The molecule has 2 fully saturated rings. The largest absolute Gasteiger partial charge is 0.493 e. The van der Waals surface area contributed by atoms with Gasteiger partial charge in [0, 0.05) is 51.4 Å². The van der Waals surface area contributed by atoms with Gasteiger partial charge >= 0.3 is 0 Å². The number of carbonyl (C=O) groups is 1. The molecule has 0 unspecified atom stereocenters. The molecule has 2 aliphatic rings. The number of piperidine rings is 1. The van der Waals surface area contributed by atoms with E-state index in [0.29, 0.717) is 18.0 Å². The molecule has 1 aromatic rings. The molecule has 0 saturated carbocycles. The summed E-state index contributed by atoms with van der Waals surface area (Å²) < 4.78 is 16.5. The van der Waals surface area contributed by atoms with Gasteiger partial charge in [0.1, 0.15) is 0 Å². The maximum absolute atomic E-state index is 12.5. The second kappa shape index (κ2) is 9.98. The number of methoxy groups -OCH3 is 3. The smallest absolute Gasteiger partial charge is 0.236 e. The van der Waals surface area contributed by atoms with Crippen molar-refractivity contribution < 1.29 is 19.0 Å². The fraction of sp³-hybridized carbons (Fsp3) is 0.667. The number of ether oxygens (including phenoxy) is 3. The van der Waals surface area contributed by atoms with Gasteiger partial charge in [-0.2, -0.15) is 0 Å². The minimum atomic E-state index is 0.287. The first-order chi connectivity index (χ1) is 13.7. The molecule has 0 bridgehead atoms. The molecule has 0 N–H and O–H groups in total. The third-order valence-corrected chi connectivity index (χ3v) is 5.71. The average Bonchev–Trinajstić information content (AvgIpc) is 2.75. The Labute approximate surface area is 168 Å². The van der Waals surface area contributed by atoms with Crippen molar-refractivity contribution in [3.63, 3.8) is 0 Å². The van der Waals surface area contributed by atoms with Crippen LogP contribution in [0.4, 0.5) is 0 Å². The molecule has 3 rings (SSSR count). The summed E-state index contributed by atoms with van der Waals surface area (Å²) in [6.07, 6.45) is 3.54. The van der Waals surface area contributed by atoms with E-state index >= 15 is 0 Å². The van der Waals surface area contributed by atoms with E-state index in [0.717, 1.165) is 70.0 Å². The monoisotopic (exact) mass is 391 g/mol. The summed E-state index contributed by atoms with van der Waals surface area (Å²) >= 11 is 0. The molecule has 28 heavy (non-hydrogen) atoms. The Morgan fingerprint density at radius 3 is 2.07 bits per heavy atom. The lowest BCUT2D eigenvalue weighted by molar-refractivity contribution is -0.133. The zero-order chi connectivity index (χ0) is 19.9. The number of likely N-dealkylation sites (tertiary alicyclic amines) is 1. The minimum absolute atomic E-state index is 0.287. The zero-order valence-corrected chi connectivity index (χ0v) is 17.4. The van der Waals surface area contributed by atoms with E-state index in [4.69, 9.17) is 14.2 Å². The van der Waals surface area contributed by atoms with Gasteiger partial charge in [0.15, 0.2) is 11.5 Å². The number of hydrogen-bond acceptors (Lipinski definition) is 6. The van der Waals surface area contributed by atoms with Gasteiger partial charge in [-0.05, 0) is 25.3 Å². The summed E-state index contributed by atoms with van der Waals surface area (Å²) in [6.45, 7) is 6.89. The number of hydrogen-bond donors (Lipinski definition) is 0. The van der Waals surface area contributed by atoms with Crippen LogP contribution in [0.25, 0.3) is 0 Å². The van der Waals surface area contributed by atoms with Crippen LogP contribution in [-0.2, 0) is 11.3 Å². The van der Waals surface area contributed by atoms with Crippen LogP contribution in [-0.4, -0.2) is 87.7 Å². The average molecular weight is 392 g/mol. The molecule has 0 aliphatic carbocycles. The highest BCUT2D eigenvalue weighted by atomic mass is 16.5. The SMILES string of the molecule is COc1ccc(CN2CCN(CC(=O)N3CCCCC3)CC2)c(OC)c1OC. The summed E-state index contributed by atoms with van der Waals surface area (Å²) in [6, 6.07) is 3.96. The Bertz CT molecular complexity index is 653. The Morgan fingerprint density at radius 2 is 1.46 bits per heavy atom. The summed E-state index contributed by atoms with van der Waals surface area (Å²) in [7, 11) is 4.91. The fourth-order valence-electron chi connectivity index (χ4n) is 4.07. The van der Waals surface area contributed by atoms with E-state index in [2.05, 4.69) is 9.80 Å². The first kappa shape index (κ1) is 20.7. The van der Waals surface area contributed by atoms with E-state index in [1.54, 1.807) is 21.3 Å². The van der Waals surface area contributed by atoms with Crippen molar-refractivity contribution in [1.82, 2.24) is 14.7 Å². The molecule has 1 aromatic carbocycles. The van der Waals surface area contributed by atoms with Crippen molar-refractivity contribution >= 4 is 5.91 Å². The normalized spacial score (nSPS) is 18.8. The predicted octanol–water partition coefficient (Wildman–Crippen LogP) is 1.84. The molecule has 2 heterocycles. The van der Waals surface area contributed by atoms with Gasteiger partial charge in [0.25, 0.3) is 0 Å². The van der Waals surface area contributed by atoms with Crippen molar-refractivity contribution in [1.29, 1.82) is 0 Å². The lowest BCUT2D eigenvalue weighted by atomic mass is 10.1. The molecule has 7 nitrogen and oxygen atoms in total. The Balaban J connectivity index is 1.53. The van der Waals surface area contributed by atoms with E-state index in [9.17, 15) is 4.79 Å². The van der Waals surface area contributed by atoms with E-state index in [-0.39, 0.29) is 5.91 Å². The van der Waals surface area contributed by atoms with Crippen molar-refractivity contribution in [3.05, 3.63) is 17.7 Å². The van der Waals surface area contributed by atoms with Crippen molar-refractivity contribution in [2.24, 2.45) is 0 Å². The highest BCUT2D eigenvalue weighted by Gasteiger charge is 2.24. The number of amides is 1. The molecule has 2 saturated heterocycles. The van der Waals surface area contributed by atoms with Gasteiger partial charge in [0.2, 0.25) is 11.7 Å². The molecular formula is C21H33N3O4. The van der Waals surface area contributed by atoms with Crippen LogP contribution < -0.4 is 14.2 Å². The number of nitrogens with zero attached hydrogens (tertiary/aromatic N) is 3. The van der Waals surface area contributed by atoms with Crippen molar-refractivity contribution in [3.8, 4) is 17.2 Å².